The van der Waals surface area contributed by atoms with Crippen LogP contribution in [0.4, 0.5) is 8.78 Å². The smallest absolute Gasteiger partial charge is 0.249 e. The molecule has 0 aromatic heterocycles. The standard InChI is InChI=1S/C6H13F2N.ClH/c1-2-3-6(7,8)4-5-9;/h2-5,9H2,1H3;1H. The Labute approximate surface area is 66.4 Å². The molecule has 4 heteroatoms. The van der Waals surface area contributed by atoms with Gasteiger partial charge in [-0.05, 0) is 6.54 Å². The lowest BCUT2D eigenvalue weighted by atomic mass is 10.1. The Balaban J connectivity index is 0. The minimum Gasteiger partial charge on any atom is -0.330 e. The van der Waals surface area contributed by atoms with E-state index in [0.717, 1.165) is 0 Å². The molecule has 0 aliphatic heterocycles. The second kappa shape index (κ2) is 5.86. The normalized spacial score (nSPS) is 10.8. The maximum atomic E-state index is 12.3. The number of nitrogens with two attached hydrogens (primary N) is 1. The Morgan fingerprint density at radius 1 is 1.30 bits per heavy atom. The molecule has 0 unspecified atom stereocenters. The summed E-state index contributed by atoms with van der Waals surface area (Å²) in [5.41, 5.74) is 4.96. The lowest BCUT2D eigenvalue weighted by molar-refractivity contribution is -0.0142. The van der Waals surface area contributed by atoms with Crippen molar-refractivity contribution in [1.29, 1.82) is 0 Å². The highest BCUT2D eigenvalue weighted by molar-refractivity contribution is 5.85. The number of halogens is 3. The summed E-state index contributed by atoms with van der Waals surface area (Å²) >= 11 is 0. The first-order chi connectivity index (χ1) is 4.12. The third-order valence-electron chi connectivity index (χ3n) is 1.13. The molecule has 0 aromatic rings. The van der Waals surface area contributed by atoms with E-state index in [-0.39, 0.29) is 31.8 Å². The van der Waals surface area contributed by atoms with E-state index in [4.69, 9.17) is 5.73 Å². The van der Waals surface area contributed by atoms with Gasteiger partial charge in [0.2, 0.25) is 5.92 Å². The minimum atomic E-state index is -2.52. The van der Waals surface area contributed by atoms with E-state index in [9.17, 15) is 8.78 Å². The van der Waals surface area contributed by atoms with Crippen LogP contribution in [0.5, 0.6) is 0 Å². The van der Waals surface area contributed by atoms with Gasteiger partial charge in [-0.2, -0.15) is 0 Å². The molecule has 0 saturated heterocycles. The fraction of sp³-hybridized carbons (Fsp3) is 1.00. The van der Waals surface area contributed by atoms with E-state index >= 15 is 0 Å². The molecule has 0 aromatic carbocycles. The lowest BCUT2D eigenvalue weighted by Crippen LogP contribution is -2.20. The molecule has 0 fully saturated rings. The zero-order valence-corrected chi connectivity index (χ0v) is 6.89. The van der Waals surface area contributed by atoms with E-state index in [1.807, 2.05) is 0 Å². The maximum Gasteiger partial charge on any atom is 0.249 e. The van der Waals surface area contributed by atoms with E-state index < -0.39 is 5.92 Å². The van der Waals surface area contributed by atoms with Crippen molar-refractivity contribution in [3.8, 4) is 0 Å². The Morgan fingerprint density at radius 2 is 1.80 bits per heavy atom. The van der Waals surface area contributed by atoms with Crippen LogP contribution in [0.25, 0.3) is 0 Å². The molecule has 0 spiro atoms. The van der Waals surface area contributed by atoms with Gasteiger partial charge in [-0.3, -0.25) is 0 Å². The Bertz CT molecular complexity index is 70.1. The van der Waals surface area contributed by atoms with Gasteiger partial charge in [0, 0.05) is 12.8 Å². The van der Waals surface area contributed by atoms with Crippen molar-refractivity contribution in [2.75, 3.05) is 6.54 Å². The van der Waals surface area contributed by atoms with Gasteiger partial charge in [0.15, 0.2) is 0 Å². The molecule has 0 bridgehead atoms. The molecule has 0 rings (SSSR count). The van der Waals surface area contributed by atoms with Crippen LogP contribution in [0.3, 0.4) is 0 Å². The molecule has 2 N–H and O–H groups in total. The van der Waals surface area contributed by atoms with Crippen LogP contribution in [0, 0.1) is 0 Å². The van der Waals surface area contributed by atoms with Crippen molar-refractivity contribution >= 4 is 12.4 Å². The topological polar surface area (TPSA) is 26.0 Å². The predicted octanol–water partition coefficient (Wildman–Crippen LogP) is 2.19. The summed E-state index contributed by atoms with van der Waals surface area (Å²) in [6.07, 6.45) is 0.304. The molecule has 0 radical (unpaired) electrons. The van der Waals surface area contributed by atoms with E-state index in [1.54, 1.807) is 6.92 Å². The fourth-order valence-electron chi connectivity index (χ4n) is 0.702. The van der Waals surface area contributed by atoms with Crippen LogP contribution in [-0.4, -0.2) is 12.5 Å². The summed E-state index contributed by atoms with van der Waals surface area (Å²) in [6.45, 7) is 1.82. The minimum absolute atomic E-state index is 0. The average Bonchev–Trinajstić information content (AvgIpc) is 1.64. The van der Waals surface area contributed by atoms with Crippen molar-refractivity contribution in [2.45, 2.75) is 32.1 Å². The van der Waals surface area contributed by atoms with Crippen molar-refractivity contribution in [3.05, 3.63) is 0 Å². The Morgan fingerprint density at radius 3 is 2.10 bits per heavy atom. The number of alkyl halides is 2. The third kappa shape index (κ3) is 6.23. The first kappa shape index (κ1) is 12.8. The van der Waals surface area contributed by atoms with Crippen molar-refractivity contribution < 1.29 is 8.78 Å². The summed E-state index contributed by atoms with van der Waals surface area (Å²) in [5, 5.41) is 0. The summed E-state index contributed by atoms with van der Waals surface area (Å²) in [4.78, 5) is 0. The first-order valence-electron chi connectivity index (χ1n) is 3.20. The third-order valence-corrected chi connectivity index (χ3v) is 1.13. The molecule has 0 atom stereocenters. The Hall–Kier alpha value is 0.110. The van der Waals surface area contributed by atoms with Crippen LogP contribution in [0.15, 0.2) is 0 Å². The zero-order valence-electron chi connectivity index (χ0n) is 6.07. The second-order valence-corrected chi connectivity index (χ2v) is 2.14. The van der Waals surface area contributed by atoms with Gasteiger partial charge in [0.1, 0.15) is 0 Å². The molecule has 0 saturated carbocycles. The van der Waals surface area contributed by atoms with Gasteiger partial charge in [0.25, 0.3) is 0 Å². The van der Waals surface area contributed by atoms with Gasteiger partial charge in [-0.15, -0.1) is 12.4 Å². The monoisotopic (exact) mass is 173 g/mol. The highest BCUT2D eigenvalue weighted by Crippen LogP contribution is 2.22. The molecule has 0 aliphatic carbocycles. The molecular weight excluding hydrogens is 160 g/mol. The second-order valence-electron chi connectivity index (χ2n) is 2.14. The number of hydrogen-bond donors (Lipinski definition) is 1. The van der Waals surface area contributed by atoms with Crippen molar-refractivity contribution in [3.63, 3.8) is 0 Å². The van der Waals surface area contributed by atoms with Crippen molar-refractivity contribution in [2.24, 2.45) is 5.73 Å². The molecule has 64 valence electrons. The van der Waals surface area contributed by atoms with Crippen LogP contribution in [0.2, 0.25) is 0 Å². The largest absolute Gasteiger partial charge is 0.330 e. The van der Waals surface area contributed by atoms with Gasteiger partial charge >= 0.3 is 0 Å². The highest BCUT2D eigenvalue weighted by atomic mass is 35.5. The van der Waals surface area contributed by atoms with E-state index in [1.165, 1.54) is 0 Å². The summed E-state index contributed by atoms with van der Waals surface area (Å²) in [5.74, 6) is -2.52. The molecule has 10 heavy (non-hydrogen) atoms. The Kier molecular flexibility index (Phi) is 7.48. The number of rotatable bonds is 4. The first-order valence-corrected chi connectivity index (χ1v) is 3.20. The van der Waals surface area contributed by atoms with Gasteiger partial charge < -0.3 is 5.73 Å². The predicted molar refractivity (Wildman–Crippen MR) is 40.8 cm³/mol. The number of hydrogen-bond acceptors (Lipinski definition) is 1. The van der Waals surface area contributed by atoms with Crippen LogP contribution in [0.1, 0.15) is 26.2 Å². The van der Waals surface area contributed by atoms with Gasteiger partial charge in [-0.25, -0.2) is 8.78 Å². The quantitative estimate of drug-likeness (QED) is 0.693. The summed E-state index contributed by atoms with van der Waals surface area (Å²) in [7, 11) is 0. The highest BCUT2D eigenvalue weighted by Gasteiger charge is 2.25. The van der Waals surface area contributed by atoms with Crippen LogP contribution >= 0.6 is 12.4 Å². The lowest BCUT2D eigenvalue weighted by Gasteiger charge is -2.12. The summed E-state index contributed by atoms with van der Waals surface area (Å²) in [6, 6.07) is 0. The van der Waals surface area contributed by atoms with E-state index in [0.29, 0.717) is 6.42 Å². The maximum absolute atomic E-state index is 12.3. The molecule has 0 heterocycles. The SMILES string of the molecule is CCCC(F)(F)CCN.Cl. The summed E-state index contributed by atoms with van der Waals surface area (Å²) < 4.78 is 24.7. The van der Waals surface area contributed by atoms with Crippen LogP contribution < -0.4 is 5.73 Å². The molecular formula is C6H14ClF2N. The van der Waals surface area contributed by atoms with Crippen molar-refractivity contribution in [1.82, 2.24) is 0 Å². The molecule has 0 amide bonds. The average molecular weight is 174 g/mol. The van der Waals surface area contributed by atoms with E-state index in [2.05, 4.69) is 0 Å². The van der Waals surface area contributed by atoms with Gasteiger partial charge in [0.05, 0.1) is 0 Å². The molecule has 0 aliphatic rings. The zero-order chi connectivity index (χ0) is 7.33. The van der Waals surface area contributed by atoms with Crippen LogP contribution in [-0.2, 0) is 0 Å². The fourth-order valence-corrected chi connectivity index (χ4v) is 0.702. The van der Waals surface area contributed by atoms with Gasteiger partial charge in [-0.1, -0.05) is 13.3 Å². The molecule has 1 nitrogen and oxygen atoms in total.